The molecule has 128 valence electrons. The Balaban J connectivity index is 2.09. The van der Waals surface area contributed by atoms with E-state index in [9.17, 15) is 9.59 Å². The molecule has 1 aromatic heterocycles. The third kappa shape index (κ3) is 3.33. The number of carboxylic acids is 1. The zero-order valence-corrected chi connectivity index (χ0v) is 14.4. The second-order valence-electron chi connectivity index (χ2n) is 6.31. The first-order chi connectivity index (χ1) is 11.9. The van der Waals surface area contributed by atoms with Crippen LogP contribution in [-0.2, 0) is 9.59 Å². The highest BCUT2D eigenvalue weighted by molar-refractivity contribution is 6.46. The second-order valence-corrected chi connectivity index (χ2v) is 6.31. The van der Waals surface area contributed by atoms with Gasteiger partial charge in [-0.3, -0.25) is 14.6 Å². The minimum Gasteiger partial charge on any atom is -0.481 e. The van der Waals surface area contributed by atoms with Gasteiger partial charge in [0.25, 0.3) is 0 Å². The zero-order chi connectivity index (χ0) is 18.1. The molecule has 0 amide bonds. The molecule has 0 saturated carbocycles. The van der Waals surface area contributed by atoms with Crippen molar-refractivity contribution in [2.45, 2.75) is 39.2 Å². The summed E-state index contributed by atoms with van der Waals surface area (Å²) in [7, 11) is 0. The Morgan fingerprint density at radius 2 is 1.84 bits per heavy atom. The van der Waals surface area contributed by atoms with E-state index in [0.717, 1.165) is 22.3 Å². The van der Waals surface area contributed by atoms with Crippen LogP contribution in [0.2, 0.25) is 0 Å². The number of aryl methyl sites for hydroxylation is 1. The quantitative estimate of drug-likeness (QED) is 0.926. The number of aliphatic carboxylic acids is 1. The maximum atomic E-state index is 12.1. The van der Waals surface area contributed by atoms with E-state index in [1.54, 1.807) is 12.4 Å². The van der Waals surface area contributed by atoms with Gasteiger partial charge in [0.2, 0.25) is 0 Å². The molecule has 0 spiro atoms. The first kappa shape index (κ1) is 17.0. The first-order valence-corrected chi connectivity index (χ1v) is 8.10. The van der Waals surface area contributed by atoms with Crippen LogP contribution in [0.1, 0.15) is 43.1 Å². The van der Waals surface area contributed by atoms with Gasteiger partial charge in [0.15, 0.2) is 5.78 Å². The third-order valence-electron chi connectivity index (χ3n) is 4.50. The zero-order valence-electron chi connectivity index (χ0n) is 14.4. The molecular weight excluding hydrogens is 318 g/mol. The lowest BCUT2D eigenvalue weighted by atomic mass is 9.82. The highest BCUT2D eigenvalue weighted by atomic mass is 16.4. The summed E-state index contributed by atoms with van der Waals surface area (Å²) in [6.07, 6.45) is 3.40. The average molecular weight is 337 g/mol. The van der Waals surface area contributed by atoms with E-state index in [-0.39, 0.29) is 18.1 Å². The van der Waals surface area contributed by atoms with E-state index in [0.29, 0.717) is 11.5 Å². The maximum absolute atomic E-state index is 12.1. The van der Waals surface area contributed by atoms with Crippen LogP contribution < -0.4 is 0 Å². The van der Waals surface area contributed by atoms with Gasteiger partial charge in [-0.1, -0.05) is 19.1 Å². The van der Waals surface area contributed by atoms with Crippen LogP contribution in [0.5, 0.6) is 0 Å². The summed E-state index contributed by atoms with van der Waals surface area (Å²) in [4.78, 5) is 36.1. The van der Waals surface area contributed by atoms with Gasteiger partial charge in [-0.2, -0.15) is 0 Å². The van der Waals surface area contributed by atoms with E-state index in [2.05, 4.69) is 15.0 Å². The Labute approximate surface area is 145 Å². The number of carbonyl (C=O) groups excluding carboxylic acids is 1. The van der Waals surface area contributed by atoms with Gasteiger partial charge >= 0.3 is 5.97 Å². The number of nitrogens with zero attached hydrogens (tertiary/aromatic N) is 3. The van der Waals surface area contributed by atoms with E-state index >= 15 is 0 Å². The second kappa shape index (κ2) is 6.55. The summed E-state index contributed by atoms with van der Waals surface area (Å²) in [6, 6.07) is 5.38. The minimum absolute atomic E-state index is 0.0717. The standard InChI is InChI=1S/C19H19N3O3/c1-10-15-5-4-13(14-8-20-12(3)21-9-14)6-16(15)19(11(2)23)22-17(10)7-18(24)25/h4-6,8-10,17H,7H2,1-3H3,(H,24,25). The fourth-order valence-electron chi connectivity index (χ4n) is 3.12. The topological polar surface area (TPSA) is 92.5 Å². The molecule has 2 atom stereocenters. The molecule has 2 aromatic rings. The fourth-order valence-corrected chi connectivity index (χ4v) is 3.12. The van der Waals surface area contributed by atoms with Gasteiger partial charge in [-0.15, -0.1) is 0 Å². The molecule has 1 N–H and O–H groups in total. The van der Waals surface area contributed by atoms with Crippen molar-refractivity contribution < 1.29 is 14.7 Å². The number of rotatable bonds is 4. The van der Waals surface area contributed by atoms with Crippen molar-refractivity contribution in [3.05, 3.63) is 47.5 Å². The van der Waals surface area contributed by atoms with Crippen molar-refractivity contribution in [2.24, 2.45) is 4.99 Å². The summed E-state index contributed by atoms with van der Waals surface area (Å²) in [5.74, 6) is -0.462. The minimum atomic E-state index is -0.916. The van der Waals surface area contributed by atoms with Crippen LogP contribution >= 0.6 is 0 Å². The van der Waals surface area contributed by atoms with Gasteiger partial charge in [0.1, 0.15) is 11.5 Å². The predicted molar refractivity (Wildman–Crippen MR) is 93.9 cm³/mol. The lowest BCUT2D eigenvalue weighted by molar-refractivity contribution is -0.137. The monoisotopic (exact) mass is 337 g/mol. The number of carboxylic acid groups (broad SMARTS) is 1. The molecule has 25 heavy (non-hydrogen) atoms. The van der Waals surface area contributed by atoms with E-state index in [1.165, 1.54) is 6.92 Å². The Kier molecular flexibility index (Phi) is 4.44. The maximum Gasteiger partial charge on any atom is 0.305 e. The summed E-state index contributed by atoms with van der Waals surface area (Å²) >= 11 is 0. The molecule has 3 rings (SSSR count). The summed E-state index contributed by atoms with van der Waals surface area (Å²) < 4.78 is 0. The molecule has 0 fully saturated rings. The molecule has 6 nitrogen and oxygen atoms in total. The molecule has 0 saturated heterocycles. The van der Waals surface area contributed by atoms with E-state index in [4.69, 9.17) is 5.11 Å². The number of carbonyl (C=O) groups is 2. The molecule has 0 radical (unpaired) electrons. The average Bonchev–Trinajstić information content (AvgIpc) is 2.57. The molecule has 1 aliphatic rings. The van der Waals surface area contributed by atoms with Gasteiger partial charge in [-0.25, -0.2) is 9.97 Å². The Hall–Kier alpha value is -2.89. The van der Waals surface area contributed by atoms with Gasteiger partial charge in [0, 0.05) is 36.4 Å². The predicted octanol–water partition coefficient (Wildman–Crippen LogP) is 2.79. The van der Waals surface area contributed by atoms with Gasteiger partial charge in [-0.05, 0) is 24.1 Å². The van der Waals surface area contributed by atoms with Crippen molar-refractivity contribution >= 4 is 17.5 Å². The third-order valence-corrected chi connectivity index (χ3v) is 4.50. The largest absolute Gasteiger partial charge is 0.481 e. The smallest absolute Gasteiger partial charge is 0.305 e. The molecule has 2 heterocycles. The number of benzene rings is 1. The van der Waals surface area contributed by atoms with Crippen molar-refractivity contribution in [3.63, 3.8) is 0 Å². The van der Waals surface area contributed by atoms with E-state index < -0.39 is 12.0 Å². The Bertz CT molecular complexity index is 872. The number of hydrogen-bond acceptors (Lipinski definition) is 5. The number of fused-ring (bicyclic) bond motifs is 1. The van der Waals surface area contributed by atoms with Crippen LogP contribution in [0.15, 0.2) is 35.6 Å². The highest BCUT2D eigenvalue weighted by Crippen LogP contribution is 2.34. The van der Waals surface area contributed by atoms with Crippen molar-refractivity contribution in [3.8, 4) is 11.1 Å². The number of aliphatic imine (C=N–C) groups is 1. The summed E-state index contributed by atoms with van der Waals surface area (Å²) in [5.41, 5.74) is 3.81. The molecule has 2 unspecified atom stereocenters. The summed E-state index contributed by atoms with van der Waals surface area (Å²) in [5, 5.41) is 9.10. The molecule has 1 aromatic carbocycles. The van der Waals surface area contributed by atoms with Gasteiger partial charge in [0.05, 0.1) is 12.5 Å². The first-order valence-electron chi connectivity index (χ1n) is 8.10. The number of ketones is 1. The van der Waals surface area contributed by atoms with Crippen molar-refractivity contribution in [1.82, 2.24) is 9.97 Å². The normalized spacial score (nSPS) is 19.1. The summed E-state index contributed by atoms with van der Waals surface area (Å²) in [6.45, 7) is 5.22. The molecule has 0 aliphatic carbocycles. The van der Waals surface area contributed by atoms with E-state index in [1.807, 2.05) is 32.0 Å². The fraction of sp³-hybridized carbons (Fsp3) is 0.316. The lowest BCUT2D eigenvalue weighted by Gasteiger charge is -2.28. The van der Waals surface area contributed by atoms with Crippen LogP contribution in [0.25, 0.3) is 11.1 Å². The number of Topliss-reactive ketones (excluding diaryl/α,β-unsaturated/α-hetero) is 1. The molecule has 0 bridgehead atoms. The molecule has 6 heteroatoms. The SMILES string of the molecule is CC(=O)C1=NC(CC(=O)O)C(C)c2ccc(-c3cnc(C)nc3)cc21. The van der Waals surface area contributed by atoms with Crippen molar-refractivity contribution in [1.29, 1.82) is 0 Å². The highest BCUT2D eigenvalue weighted by Gasteiger charge is 2.31. The molecule has 1 aliphatic heterocycles. The van der Waals surface area contributed by atoms with Gasteiger partial charge < -0.3 is 5.11 Å². The Morgan fingerprint density at radius 3 is 2.44 bits per heavy atom. The van der Waals surface area contributed by atoms with Crippen molar-refractivity contribution in [2.75, 3.05) is 0 Å². The molecular formula is C19H19N3O3. The van der Waals surface area contributed by atoms with Crippen LogP contribution in [0, 0.1) is 6.92 Å². The van der Waals surface area contributed by atoms with Crippen LogP contribution in [0.3, 0.4) is 0 Å². The van der Waals surface area contributed by atoms with Crippen LogP contribution in [-0.4, -0.2) is 38.6 Å². The van der Waals surface area contributed by atoms with Crippen LogP contribution in [0.4, 0.5) is 0 Å². The Morgan fingerprint density at radius 1 is 1.16 bits per heavy atom. The number of aromatic nitrogens is 2. The number of hydrogen-bond donors (Lipinski definition) is 1. The lowest BCUT2D eigenvalue weighted by Crippen LogP contribution is -2.29.